The first-order valence-electron chi connectivity index (χ1n) is 8.79. The Morgan fingerprint density at radius 1 is 0.667 bits per heavy atom. The summed E-state index contributed by atoms with van der Waals surface area (Å²) in [5, 5.41) is 2.19. The molecule has 0 atom stereocenters. The minimum Gasteiger partial charge on any atom is -0.534 e. The second kappa shape index (κ2) is 6.82. The van der Waals surface area contributed by atoms with Gasteiger partial charge in [0.15, 0.2) is 11.6 Å². The molecule has 0 bridgehead atoms. The number of hydrogen-bond acceptors (Lipinski definition) is 3. The lowest BCUT2D eigenvalue weighted by atomic mass is 9.94. The monoisotopic (exact) mass is 370 g/mol. The van der Waals surface area contributed by atoms with Crippen LogP contribution in [-0.2, 0) is 0 Å². The van der Waals surface area contributed by atoms with E-state index in [0.717, 1.165) is 10.4 Å². The van der Waals surface area contributed by atoms with E-state index in [1.807, 2.05) is 36.4 Å². The standard InChI is InChI=1S/C23H18O3Si/c1-27(17-9-4-2-5-10-17,18-11-6-3-7-12-18)26-22-14-8-13-19-20(24)15-16-21(25)23(19)22/h2-16H,1H3. The van der Waals surface area contributed by atoms with E-state index >= 15 is 0 Å². The van der Waals surface area contributed by atoms with Crippen molar-refractivity contribution in [1.29, 1.82) is 0 Å². The zero-order valence-electron chi connectivity index (χ0n) is 14.9. The third-order valence-electron chi connectivity index (χ3n) is 4.89. The molecule has 3 aromatic carbocycles. The maximum atomic E-state index is 12.5. The smallest absolute Gasteiger partial charge is 0.311 e. The number of hydrogen-bond donors (Lipinski definition) is 0. The van der Waals surface area contributed by atoms with Gasteiger partial charge in [-0.05, 0) is 35.1 Å². The molecule has 132 valence electrons. The summed E-state index contributed by atoms with van der Waals surface area (Å²) in [6.45, 7) is 2.11. The van der Waals surface area contributed by atoms with Crippen LogP contribution in [0.5, 0.6) is 5.75 Å². The largest absolute Gasteiger partial charge is 0.534 e. The summed E-state index contributed by atoms with van der Waals surface area (Å²) in [5.41, 5.74) is 0.757. The third-order valence-corrected chi connectivity index (χ3v) is 8.39. The van der Waals surface area contributed by atoms with Crippen LogP contribution in [0.15, 0.2) is 91.0 Å². The van der Waals surface area contributed by atoms with E-state index in [-0.39, 0.29) is 11.6 Å². The molecular weight excluding hydrogens is 352 g/mol. The van der Waals surface area contributed by atoms with Crippen LogP contribution in [0.1, 0.15) is 20.7 Å². The fourth-order valence-electron chi connectivity index (χ4n) is 3.42. The van der Waals surface area contributed by atoms with Crippen molar-refractivity contribution in [3.63, 3.8) is 0 Å². The number of fused-ring (bicyclic) bond motifs is 1. The molecule has 0 N–H and O–H groups in total. The molecule has 0 fully saturated rings. The number of ketones is 2. The Bertz CT molecular complexity index is 1000. The SMILES string of the molecule is C[Si](Oc1cccc2c1C(=O)C=CC2=O)(c1ccccc1)c1ccccc1. The fourth-order valence-corrected chi connectivity index (χ4v) is 6.25. The van der Waals surface area contributed by atoms with Crippen LogP contribution in [0, 0.1) is 0 Å². The number of benzene rings is 3. The topological polar surface area (TPSA) is 43.4 Å². The highest BCUT2D eigenvalue weighted by Gasteiger charge is 2.37. The van der Waals surface area contributed by atoms with Crippen LogP contribution in [0.2, 0.25) is 6.55 Å². The summed E-state index contributed by atoms with van der Waals surface area (Å²) >= 11 is 0. The minimum atomic E-state index is -2.64. The van der Waals surface area contributed by atoms with Gasteiger partial charge in [-0.1, -0.05) is 72.8 Å². The van der Waals surface area contributed by atoms with Crippen LogP contribution in [0.3, 0.4) is 0 Å². The Labute approximate surface area is 159 Å². The van der Waals surface area contributed by atoms with Crippen LogP contribution in [-0.4, -0.2) is 19.9 Å². The maximum absolute atomic E-state index is 12.5. The van der Waals surface area contributed by atoms with Crippen LogP contribution >= 0.6 is 0 Å². The molecule has 3 aromatic rings. The first-order chi connectivity index (χ1) is 13.1. The predicted octanol–water partition coefficient (Wildman–Crippen LogP) is 3.39. The first-order valence-corrected chi connectivity index (χ1v) is 11.2. The van der Waals surface area contributed by atoms with Crippen LogP contribution in [0.25, 0.3) is 0 Å². The van der Waals surface area contributed by atoms with E-state index in [1.54, 1.807) is 18.2 Å². The molecule has 4 heteroatoms. The molecule has 3 nitrogen and oxygen atoms in total. The van der Waals surface area contributed by atoms with Gasteiger partial charge in [0.2, 0.25) is 0 Å². The molecule has 27 heavy (non-hydrogen) atoms. The molecule has 0 spiro atoms. The van der Waals surface area contributed by atoms with Crippen molar-refractivity contribution < 1.29 is 14.0 Å². The van der Waals surface area contributed by atoms with Gasteiger partial charge < -0.3 is 4.43 Å². The molecule has 0 saturated carbocycles. The van der Waals surface area contributed by atoms with Gasteiger partial charge in [0.1, 0.15) is 5.75 Å². The van der Waals surface area contributed by atoms with E-state index < -0.39 is 8.32 Å². The summed E-state index contributed by atoms with van der Waals surface area (Å²) in [6, 6.07) is 25.4. The lowest BCUT2D eigenvalue weighted by Gasteiger charge is -2.30. The Morgan fingerprint density at radius 3 is 1.81 bits per heavy atom. The summed E-state index contributed by atoms with van der Waals surface area (Å²) in [7, 11) is -2.64. The highest BCUT2D eigenvalue weighted by atomic mass is 28.4. The van der Waals surface area contributed by atoms with Gasteiger partial charge in [0.25, 0.3) is 0 Å². The lowest BCUT2D eigenvalue weighted by molar-refractivity contribution is 0.0992. The molecule has 0 amide bonds. The predicted molar refractivity (Wildman–Crippen MR) is 109 cm³/mol. The van der Waals surface area contributed by atoms with E-state index in [4.69, 9.17) is 4.43 Å². The molecule has 0 heterocycles. The third kappa shape index (κ3) is 3.04. The van der Waals surface area contributed by atoms with Crippen molar-refractivity contribution in [2.24, 2.45) is 0 Å². The van der Waals surface area contributed by atoms with Crippen molar-refractivity contribution in [3.8, 4) is 5.75 Å². The number of carbonyl (C=O) groups excluding carboxylic acids is 2. The van der Waals surface area contributed by atoms with Crippen molar-refractivity contribution >= 4 is 30.3 Å². The minimum absolute atomic E-state index is 0.169. The maximum Gasteiger partial charge on any atom is 0.311 e. The molecule has 4 rings (SSSR count). The van der Waals surface area contributed by atoms with Gasteiger partial charge in [-0.25, -0.2) is 0 Å². The molecule has 0 aromatic heterocycles. The van der Waals surface area contributed by atoms with E-state index in [1.165, 1.54) is 12.2 Å². The summed E-state index contributed by atoms with van der Waals surface area (Å²) in [4.78, 5) is 24.7. The molecule has 0 radical (unpaired) electrons. The van der Waals surface area contributed by atoms with E-state index in [0.29, 0.717) is 16.9 Å². The van der Waals surface area contributed by atoms with Gasteiger partial charge in [-0.15, -0.1) is 0 Å². The zero-order valence-corrected chi connectivity index (χ0v) is 15.9. The summed E-state index contributed by atoms with van der Waals surface area (Å²) in [5.74, 6) is 0.104. The number of allylic oxidation sites excluding steroid dienone is 2. The van der Waals surface area contributed by atoms with E-state index in [2.05, 4.69) is 30.8 Å². The Balaban J connectivity index is 1.87. The normalized spacial score (nSPS) is 13.4. The Morgan fingerprint density at radius 2 is 1.22 bits per heavy atom. The van der Waals surface area contributed by atoms with Crippen LogP contribution in [0.4, 0.5) is 0 Å². The Kier molecular flexibility index (Phi) is 4.34. The van der Waals surface area contributed by atoms with Gasteiger partial charge in [0, 0.05) is 5.56 Å². The zero-order chi connectivity index (χ0) is 18.9. The number of rotatable bonds is 4. The molecule has 0 saturated heterocycles. The Hall–Kier alpha value is -3.24. The average molecular weight is 370 g/mol. The molecular formula is C23H18O3Si. The quantitative estimate of drug-likeness (QED) is 0.661. The molecule has 1 aliphatic rings. The van der Waals surface area contributed by atoms with Gasteiger partial charge in [-0.2, -0.15) is 0 Å². The summed E-state index contributed by atoms with van der Waals surface area (Å²) in [6.07, 6.45) is 2.64. The average Bonchev–Trinajstić information content (AvgIpc) is 2.72. The highest BCUT2D eigenvalue weighted by molar-refractivity contribution is 6.97. The van der Waals surface area contributed by atoms with Gasteiger partial charge in [-0.3, -0.25) is 9.59 Å². The molecule has 1 aliphatic carbocycles. The van der Waals surface area contributed by atoms with Crippen molar-refractivity contribution in [2.75, 3.05) is 0 Å². The van der Waals surface area contributed by atoms with Crippen molar-refractivity contribution in [3.05, 3.63) is 102 Å². The van der Waals surface area contributed by atoms with Crippen molar-refractivity contribution in [1.82, 2.24) is 0 Å². The molecule has 0 aliphatic heterocycles. The first kappa shape index (κ1) is 17.2. The van der Waals surface area contributed by atoms with Gasteiger partial charge in [0.05, 0.1) is 5.56 Å². The van der Waals surface area contributed by atoms with Crippen LogP contribution < -0.4 is 14.8 Å². The van der Waals surface area contributed by atoms with E-state index in [9.17, 15) is 9.59 Å². The highest BCUT2D eigenvalue weighted by Crippen LogP contribution is 2.29. The van der Waals surface area contributed by atoms with Gasteiger partial charge >= 0.3 is 8.32 Å². The second-order valence-electron chi connectivity index (χ2n) is 6.61. The second-order valence-corrected chi connectivity index (χ2v) is 10.0. The van der Waals surface area contributed by atoms with Crippen molar-refractivity contribution in [2.45, 2.75) is 6.55 Å². The lowest BCUT2D eigenvalue weighted by Crippen LogP contribution is -2.61. The fraction of sp³-hybridized carbons (Fsp3) is 0.0435. The summed E-state index contributed by atoms with van der Waals surface area (Å²) < 4.78 is 6.62. The number of carbonyl (C=O) groups is 2. The molecule has 0 unspecified atom stereocenters.